The first-order valence-corrected chi connectivity index (χ1v) is 3.32. The smallest absolute Gasteiger partial charge is 0.0192 e. The molecule has 1 rings (SSSR count). The summed E-state index contributed by atoms with van der Waals surface area (Å²) >= 11 is 0. The molecule has 0 amide bonds. The first kappa shape index (κ1) is 17.6. The molecule has 1 fully saturated rings. The van der Waals surface area contributed by atoms with E-state index in [0.717, 1.165) is 12.8 Å². The van der Waals surface area contributed by atoms with E-state index in [1.54, 1.807) is 0 Å². The molecule has 5 heteroatoms. The van der Waals surface area contributed by atoms with Crippen LogP contribution in [-0.2, 0) is 21.1 Å². The molecular formula is C6H18N2O2Pt. The van der Waals surface area contributed by atoms with Gasteiger partial charge in [-0.2, -0.15) is 0 Å². The standard InChI is InChI=1S/C6H14N2.2H2O.Pt/c7-5-3-1-2-4-6(5)8;;;/h5-6H,1-4,7-8H2;2*1H2;/t5-,6-;;;/m1.../s1. The van der Waals surface area contributed by atoms with Gasteiger partial charge in [0, 0.05) is 33.1 Å². The SMILES string of the molecule is N[C@@H]1CCCC[C@H]1N.O.O.[Pt]. The Morgan fingerprint density at radius 3 is 1.27 bits per heavy atom. The Bertz CT molecular complexity index is 75.0. The summed E-state index contributed by atoms with van der Waals surface area (Å²) in [4.78, 5) is 0. The Hall–Kier alpha value is 0.528. The zero-order valence-corrected chi connectivity index (χ0v) is 8.73. The molecule has 2 atom stereocenters. The summed E-state index contributed by atoms with van der Waals surface area (Å²) < 4.78 is 0. The van der Waals surface area contributed by atoms with E-state index in [-0.39, 0.29) is 44.1 Å². The minimum absolute atomic E-state index is 0. The third kappa shape index (κ3) is 5.76. The molecular weight excluding hydrogens is 327 g/mol. The van der Waals surface area contributed by atoms with Crippen LogP contribution < -0.4 is 11.5 Å². The molecule has 0 aromatic rings. The first-order chi connectivity index (χ1) is 3.80. The fourth-order valence-corrected chi connectivity index (χ4v) is 1.19. The van der Waals surface area contributed by atoms with Gasteiger partial charge >= 0.3 is 0 Å². The third-order valence-electron chi connectivity index (χ3n) is 1.87. The van der Waals surface area contributed by atoms with Gasteiger partial charge in [-0.15, -0.1) is 0 Å². The molecule has 0 aromatic heterocycles. The first-order valence-electron chi connectivity index (χ1n) is 3.32. The number of rotatable bonds is 0. The Morgan fingerprint density at radius 1 is 0.818 bits per heavy atom. The maximum Gasteiger partial charge on any atom is 0.0192 e. The van der Waals surface area contributed by atoms with E-state index in [2.05, 4.69) is 0 Å². The zero-order valence-electron chi connectivity index (χ0n) is 6.45. The fraction of sp³-hybridized carbons (Fsp3) is 1.00. The van der Waals surface area contributed by atoms with Gasteiger partial charge in [-0.1, -0.05) is 12.8 Å². The van der Waals surface area contributed by atoms with E-state index in [9.17, 15) is 0 Å². The van der Waals surface area contributed by atoms with Crippen LogP contribution >= 0.6 is 0 Å². The molecule has 74 valence electrons. The Morgan fingerprint density at radius 2 is 1.09 bits per heavy atom. The molecule has 0 unspecified atom stereocenters. The Kier molecular flexibility index (Phi) is 13.8. The van der Waals surface area contributed by atoms with Gasteiger partial charge in [0.05, 0.1) is 0 Å². The predicted octanol–water partition coefficient (Wildman–Crippen LogP) is -1.44. The van der Waals surface area contributed by atoms with Gasteiger partial charge in [0.25, 0.3) is 0 Å². The zero-order chi connectivity index (χ0) is 5.98. The van der Waals surface area contributed by atoms with Crippen molar-refractivity contribution in [1.29, 1.82) is 0 Å². The molecule has 0 aliphatic heterocycles. The van der Waals surface area contributed by atoms with Crippen molar-refractivity contribution >= 4 is 0 Å². The van der Waals surface area contributed by atoms with Crippen LogP contribution in [0.1, 0.15) is 25.7 Å². The summed E-state index contributed by atoms with van der Waals surface area (Å²) in [7, 11) is 0. The molecule has 0 saturated heterocycles. The number of hydrogen-bond acceptors (Lipinski definition) is 2. The van der Waals surface area contributed by atoms with Gasteiger partial charge in [-0.25, -0.2) is 0 Å². The molecule has 11 heavy (non-hydrogen) atoms. The molecule has 1 aliphatic rings. The summed E-state index contributed by atoms with van der Waals surface area (Å²) in [6, 6.07) is 0.562. The van der Waals surface area contributed by atoms with Crippen LogP contribution in [0.4, 0.5) is 0 Å². The van der Waals surface area contributed by atoms with Crippen molar-refractivity contribution in [3.63, 3.8) is 0 Å². The molecule has 0 bridgehead atoms. The Labute approximate surface area is 81.6 Å². The Balaban J connectivity index is -0.000000213. The quantitative estimate of drug-likeness (QED) is 0.560. The summed E-state index contributed by atoms with van der Waals surface area (Å²) in [6.07, 6.45) is 4.80. The normalized spacial score (nSPS) is 28.9. The topological polar surface area (TPSA) is 115 Å². The van der Waals surface area contributed by atoms with Crippen molar-refractivity contribution in [1.82, 2.24) is 0 Å². The van der Waals surface area contributed by atoms with Crippen LogP contribution in [0.2, 0.25) is 0 Å². The molecule has 0 aromatic carbocycles. The maximum atomic E-state index is 5.65. The second kappa shape index (κ2) is 8.62. The second-order valence-electron chi connectivity index (χ2n) is 2.61. The molecule has 0 heterocycles. The summed E-state index contributed by atoms with van der Waals surface area (Å²) in [5, 5.41) is 0. The average molecular weight is 345 g/mol. The van der Waals surface area contributed by atoms with Crippen molar-refractivity contribution in [3.8, 4) is 0 Å². The van der Waals surface area contributed by atoms with Gasteiger partial charge in [0.2, 0.25) is 0 Å². The second-order valence-corrected chi connectivity index (χ2v) is 2.61. The minimum atomic E-state index is 0. The van der Waals surface area contributed by atoms with Gasteiger partial charge in [0.1, 0.15) is 0 Å². The molecule has 1 aliphatic carbocycles. The van der Waals surface area contributed by atoms with Gasteiger partial charge in [-0.05, 0) is 12.8 Å². The van der Waals surface area contributed by atoms with Crippen molar-refractivity contribution in [2.75, 3.05) is 0 Å². The fourth-order valence-electron chi connectivity index (χ4n) is 1.19. The van der Waals surface area contributed by atoms with Crippen LogP contribution in [0.15, 0.2) is 0 Å². The summed E-state index contributed by atoms with van der Waals surface area (Å²) in [5.74, 6) is 0. The van der Waals surface area contributed by atoms with Crippen molar-refractivity contribution in [3.05, 3.63) is 0 Å². The molecule has 0 radical (unpaired) electrons. The monoisotopic (exact) mass is 345 g/mol. The van der Waals surface area contributed by atoms with Crippen molar-refractivity contribution < 1.29 is 32.0 Å². The maximum absolute atomic E-state index is 5.65. The van der Waals surface area contributed by atoms with E-state index in [0.29, 0.717) is 0 Å². The van der Waals surface area contributed by atoms with E-state index in [1.807, 2.05) is 0 Å². The van der Waals surface area contributed by atoms with Crippen molar-refractivity contribution in [2.45, 2.75) is 37.8 Å². The summed E-state index contributed by atoms with van der Waals surface area (Å²) in [6.45, 7) is 0. The molecule has 8 N–H and O–H groups in total. The van der Waals surface area contributed by atoms with Crippen LogP contribution in [0.5, 0.6) is 0 Å². The van der Waals surface area contributed by atoms with Crippen molar-refractivity contribution in [2.24, 2.45) is 11.5 Å². The average Bonchev–Trinajstić information content (AvgIpc) is 1.77. The number of hydrogen-bond donors (Lipinski definition) is 2. The minimum Gasteiger partial charge on any atom is -0.412 e. The van der Waals surface area contributed by atoms with E-state index in [1.165, 1.54) is 12.8 Å². The van der Waals surface area contributed by atoms with Crippen LogP contribution in [0.3, 0.4) is 0 Å². The van der Waals surface area contributed by atoms with Crippen LogP contribution in [0, 0.1) is 0 Å². The van der Waals surface area contributed by atoms with Gasteiger partial charge in [0.15, 0.2) is 0 Å². The third-order valence-corrected chi connectivity index (χ3v) is 1.87. The predicted molar refractivity (Wildman–Crippen MR) is 41.6 cm³/mol. The summed E-state index contributed by atoms with van der Waals surface area (Å²) in [5.41, 5.74) is 11.3. The van der Waals surface area contributed by atoms with Gasteiger partial charge < -0.3 is 22.4 Å². The van der Waals surface area contributed by atoms with E-state index in [4.69, 9.17) is 11.5 Å². The van der Waals surface area contributed by atoms with Gasteiger partial charge in [-0.3, -0.25) is 0 Å². The van der Waals surface area contributed by atoms with Crippen LogP contribution in [-0.4, -0.2) is 23.0 Å². The van der Waals surface area contributed by atoms with E-state index < -0.39 is 0 Å². The molecule has 4 nitrogen and oxygen atoms in total. The molecule has 1 saturated carbocycles. The number of nitrogens with two attached hydrogens (primary N) is 2. The largest absolute Gasteiger partial charge is 0.412 e. The molecule has 0 spiro atoms. The van der Waals surface area contributed by atoms with E-state index >= 15 is 0 Å². The van der Waals surface area contributed by atoms with Crippen LogP contribution in [0.25, 0.3) is 0 Å².